The van der Waals surface area contributed by atoms with E-state index in [1.165, 1.54) is 45.3 Å². The molecule has 94 valence electrons. The van der Waals surface area contributed by atoms with E-state index in [4.69, 9.17) is 0 Å². The molecule has 1 saturated heterocycles. The fourth-order valence-corrected chi connectivity index (χ4v) is 3.31. The summed E-state index contributed by atoms with van der Waals surface area (Å²) in [6.45, 7) is 8.54. The highest BCUT2D eigenvalue weighted by Gasteiger charge is 2.27. The third-order valence-corrected chi connectivity index (χ3v) is 4.81. The van der Waals surface area contributed by atoms with Crippen molar-refractivity contribution in [3.8, 4) is 0 Å². The normalized spacial score (nSPS) is 40.5. The standard InChI is InChI=1S/C14H28N2/c1-11-4-6-14(7-5-11)16(3)10-13-9-15-8-12(13)2/h11-15H,4-10H2,1-3H3/t11?,12-,13+,14?/m1/s1. The van der Waals surface area contributed by atoms with Gasteiger partial charge in [-0.05, 0) is 63.6 Å². The maximum atomic E-state index is 3.51. The van der Waals surface area contributed by atoms with Crippen molar-refractivity contribution in [3.63, 3.8) is 0 Å². The first-order valence-electron chi connectivity index (χ1n) is 7.07. The molecule has 2 nitrogen and oxygen atoms in total. The molecule has 0 bridgehead atoms. The summed E-state index contributed by atoms with van der Waals surface area (Å²) < 4.78 is 0. The van der Waals surface area contributed by atoms with Crippen molar-refractivity contribution in [2.45, 2.75) is 45.6 Å². The Labute approximate surface area is 101 Å². The Morgan fingerprint density at radius 2 is 1.75 bits per heavy atom. The zero-order chi connectivity index (χ0) is 11.5. The van der Waals surface area contributed by atoms with E-state index >= 15 is 0 Å². The Bertz CT molecular complexity index is 209. The fraction of sp³-hybridized carbons (Fsp3) is 1.00. The Kier molecular flexibility index (Phi) is 4.26. The average molecular weight is 224 g/mol. The van der Waals surface area contributed by atoms with Crippen LogP contribution in [0.15, 0.2) is 0 Å². The minimum atomic E-state index is 0.865. The molecule has 0 aromatic rings. The fourth-order valence-electron chi connectivity index (χ4n) is 3.31. The third-order valence-electron chi connectivity index (χ3n) is 4.81. The Morgan fingerprint density at radius 1 is 1.06 bits per heavy atom. The van der Waals surface area contributed by atoms with Gasteiger partial charge in [-0.1, -0.05) is 13.8 Å². The van der Waals surface area contributed by atoms with Crippen LogP contribution >= 0.6 is 0 Å². The van der Waals surface area contributed by atoms with Crippen LogP contribution in [0, 0.1) is 17.8 Å². The van der Waals surface area contributed by atoms with Crippen LogP contribution in [-0.2, 0) is 0 Å². The van der Waals surface area contributed by atoms with Gasteiger partial charge in [-0.2, -0.15) is 0 Å². The molecule has 0 unspecified atom stereocenters. The van der Waals surface area contributed by atoms with E-state index in [0.717, 1.165) is 23.8 Å². The van der Waals surface area contributed by atoms with Crippen LogP contribution in [0.2, 0.25) is 0 Å². The Hall–Kier alpha value is -0.0800. The highest BCUT2D eigenvalue weighted by atomic mass is 15.1. The molecule has 2 fully saturated rings. The second-order valence-electron chi connectivity index (χ2n) is 6.25. The van der Waals surface area contributed by atoms with Crippen molar-refractivity contribution in [3.05, 3.63) is 0 Å². The quantitative estimate of drug-likeness (QED) is 0.791. The van der Waals surface area contributed by atoms with Gasteiger partial charge in [0.1, 0.15) is 0 Å². The van der Waals surface area contributed by atoms with Crippen LogP contribution in [0.1, 0.15) is 39.5 Å². The lowest BCUT2D eigenvalue weighted by molar-refractivity contribution is 0.144. The summed E-state index contributed by atoms with van der Waals surface area (Å²) in [6.07, 6.45) is 5.72. The first-order chi connectivity index (χ1) is 7.66. The molecule has 16 heavy (non-hydrogen) atoms. The number of rotatable bonds is 3. The van der Waals surface area contributed by atoms with E-state index in [1.807, 2.05) is 0 Å². The predicted octanol–water partition coefficient (Wildman–Crippen LogP) is 2.35. The molecule has 0 spiro atoms. The van der Waals surface area contributed by atoms with Gasteiger partial charge in [-0.25, -0.2) is 0 Å². The molecule has 1 aliphatic heterocycles. The van der Waals surface area contributed by atoms with Crippen LogP contribution in [-0.4, -0.2) is 37.6 Å². The SMILES string of the molecule is CC1CCC(N(C)C[C@@H]2CNC[C@H]2C)CC1. The molecule has 0 aromatic carbocycles. The molecular formula is C14H28N2. The summed E-state index contributed by atoms with van der Waals surface area (Å²) in [5.41, 5.74) is 0. The highest BCUT2D eigenvalue weighted by molar-refractivity contribution is 4.83. The summed E-state index contributed by atoms with van der Waals surface area (Å²) in [5, 5.41) is 3.51. The molecule has 2 rings (SSSR count). The average Bonchev–Trinajstić information content (AvgIpc) is 2.65. The van der Waals surface area contributed by atoms with Crippen LogP contribution in [0.3, 0.4) is 0 Å². The second kappa shape index (κ2) is 5.50. The van der Waals surface area contributed by atoms with Gasteiger partial charge in [0, 0.05) is 12.6 Å². The van der Waals surface area contributed by atoms with Gasteiger partial charge in [0.15, 0.2) is 0 Å². The number of hydrogen-bond acceptors (Lipinski definition) is 2. The predicted molar refractivity (Wildman–Crippen MR) is 69.6 cm³/mol. The minimum Gasteiger partial charge on any atom is -0.316 e. The number of nitrogens with zero attached hydrogens (tertiary/aromatic N) is 1. The van der Waals surface area contributed by atoms with Crippen LogP contribution in [0.5, 0.6) is 0 Å². The van der Waals surface area contributed by atoms with Crippen molar-refractivity contribution in [2.75, 3.05) is 26.7 Å². The first kappa shape index (κ1) is 12.4. The largest absolute Gasteiger partial charge is 0.316 e. The van der Waals surface area contributed by atoms with Crippen LogP contribution in [0.25, 0.3) is 0 Å². The molecule has 1 aliphatic carbocycles. The molecule has 0 radical (unpaired) electrons. The van der Waals surface area contributed by atoms with Crippen molar-refractivity contribution >= 4 is 0 Å². The van der Waals surface area contributed by atoms with Gasteiger partial charge >= 0.3 is 0 Å². The summed E-state index contributed by atoms with van der Waals surface area (Å²) in [5.74, 6) is 2.71. The van der Waals surface area contributed by atoms with Gasteiger partial charge in [0.2, 0.25) is 0 Å². The Morgan fingerprint density at radius 3 is 2.31 bits per heavy atom. The molecule has 2 atom stereocenters. The zero-order valence-electron chi connectivity index (χ0n) is 11.2. The molecule has 1 N–H and O–H groups in total. The van der Waals surface area contributed by atoms with E-state index in [1.54, 1.807) is 0 Å². The maximum Gasteiger partial charge on any atom is 0.00925 e. The molecule has 2 aliphatic rings. The van der Waals surface area contributed by atoms with Gasteiger partial charge in [0.25, 0.3) is 0 Å². The van der Waals surface area contributed by atoms with E-state index in [-0.39, 0.29) is 0 Å². The first-order valence-corrected chi connectivity index (χ1v) is 7.07. The van der Waals surface area contributed by atoms with Crippen molar-refractivity contribution in [2.24, 2.45) is 17.8 Å². The lowest BCUT2D eigenvalue weighted by Gasteiger charge is -2.35. The zero-order valence-corrected chi connectivity index (χ0v) is 11.2. The van der Waals surface area contributed by atoms with Crippen molar-refractivity contribution < 1.29 is 0 Å². The molecular weight excluding hydrogens is 196 g/mol. The van der Waals surface area contributed by atoms with Crippen LogP contribution < -0.4 is 5.32 Å². The van der Waals surface area contributed by atoms with Crippen molar-refractivity contribution in [1.29, 1.82) is 0 Å². The molecule has 0 amide bonds. The third kappa shape index (κ3) is 2.98. The number of nitrogens with one attached hydrogen (secondary N) is 1. The minimum absolute atomic E-state index is 0.865. The lowest BCUT2D eigenvalue weighted by atomic mass is 9.86. The van der Waals surface area contributed by atoms with E-state index in [0.29, 0.717) is 0 Å². The molecule has 0 aromatic heterocycles. The Balaban J connectivity index is 1.76. The number of hydrogen-bond donors (Lipinski definition) is 1. The summed E-state index contributed by atoms with van der Waals surface area (Å²) >= 11 is 0. The summed E-state index contributed by atoms with van der Waals surface area (Å²) in [6, 6.07) is 0.865. The second-order valence-corrected chi connectivity index (χ2v) is 6.25. The maximum absolute atomic E-state index is 3.51. The van der Waals surface area contributed by atoms with Gasteiger partial charge in [0.05, 0.1) is 0 Å². The smallest absolute Gasteiger partial charge is 0.00925 e. The summed E-state index contributed by atoms with van der Waals surface area (Å²) in [4.78, 5) is 2.64. The van der Waals surface area contributed by atoms with Gasteiger partial charge in [-0.3, -0.25) is 0 Å². The van der Waals surface area contributed by atoms with Gasteiger partial charge < -0.3 is 10.2 Å². The molecule has 2 heteroatoms. The lowest BCUT2D eigenvalue weighted by Crippen LogP contribution is -2.39. The van der Waals surface area contributed by atoms with Gasteiger partial charge in [-0.15, -0.1) is 0 Å². The van der Waals surface area contributed by atoms with Crippen molar-refractivity contribution in [1.82, 2.24) is 10.2 Å². The molecule has 1 heterocycles. The monoisotopic (exact) mass is 224 g/mol. The molecule has 1 saturated carbocycles. The van der Waals surface area contributed by atoms with Crippen LogP contribution in [0.4, 0.5) is 0 Å². The highest BCUT2D eigenvalue weighted by Crippen LogP contribution is 2.27. The van der Waals surface area contributed by atoms with E-state index in [2.05, 4.69) is 31.1 Å². The van der Waals surface area contributed by atoms with E-state index in [9.17, 15) is 0 Å². The topological polar surface area (TPSA) is 15.3 Å². The summed E-state index contributed by atoms with van der Waals surface area (Å²) in [7, 11) is 2.34. The van der Waals surface area contributed by atoms with E-state index < -0.39 is 0 Å².